The second-order valence-corrected chi connectivity index (χ2v) is 5.71. The van der Waals surface area contributed by atoms with E-state index >= 15 is 0 Å². The Hall–Kier alpha value is -0.860. The molecule has 1 aliphatic rings. The van der Waals surface area contributed by atoms with Crippen LogP contribution in [0.4, 0.5) is 0 Å². The predicted molar refractivity (Wildman–Crippen MR) is 73.7 cm³/mol. The van der Waals surface area contributed by atoms with E-state index in [1.54, 1.807) is 0 Å². The van der Waals surface area contributed by atoms with Gasteiger partial charge in [-0.2, -0.15) is 0 Å². The minimum Gasteiger partial charge on any atom is -0.392 e. The number of hydrogen-bond donors (Lipinski definition) is 1. The lowest BCUT2D eigenvalue weighted by molar-refractivity contribution is -0.0295. The number of aliphatic hydroxyl groups excluding tert-OH is 1. The summed E-state index contributed by atoms with van der Waals surface area (Å²) >= 11 is 0. The van der Waals surface area contributed by atoms with Gasteiger partial charge in [-0.1, -0.05) is 30.7 Å². The van der Waals surface area contributed by atoms with Gasteiger partial charge in [0.1, 0.15) is 0 Å². The molecule has 2 heteroatoms. The Morgan fingerprint density at radius 1 is 1.39 bits per heavy atom. The van der Waals surface area contributed by atoms with Crippen molar-refractivity contribution in [2.24, 2.45) is 11.8 Å². The zero-order valence-corrected chi connectivity index (χ0v) is 11.6. The number of rotatable bonds is 3. The third kappa shape index (κ3) is 3.12. The minimum atomic E-state index is -0.246. The molecule has 1 N–H and O–H groups in total. The number of aliphatic hydroxyl groups is 1. The van der Waals surface area contributed by atoms with Crippen molar-refractivity contribution >= 4 is 0 Å². The van der Waals surface area contributed by atoms with Crippen molar-refractivity contribution in [3.8, 4) is 0 Å². The molecule has 1 saturated heterocycles. The van der Waals surface area contributed by atoms with Crippen LogP contribution in [0.15, 0.2) is 18.2 Å². The summed E-state index contributed by atoms with van der Waals surface area (Å²) in [6.07, 6.45) is 1.50. The first-order chi connectivity index (χ1) is 8.58. The summed E-state index contributed by atoms with van der Waals surface area (Å²) in [4.78, 5) is 0. The fraction of sp³-hybridized carbons (Fsp3) is 0.625. The number of aryl methyl sites for hydroxylation is 2. The smallest absolute Gasteiger partial charge is 0.0613 e. The maximum atomic E-state index is 10.5. The fourth-order valence-electron chi connectivity index (χ4n) is 2.87. The Kier molecular flexibility index (Phi) is 4.41. The highest BCUT2D eigenvalue weighted by Crippen LogP contribution is 2.27. The molecule has 0 saturated carbocycles. The highest BCUT2D eigenvalue weighted by atomic mass is 16.5. The van der Waals surface area contributed by atoms with Crippen molar-refractivity contribution in [3.05, 3.63) is 34.9 Å². The molecule has 0 aromatic heterocycles. The molecular formula is C16H24O2. The molecule has 18 heavy (non-hydrogen) atoms. The normalized spacial score (nSPS) is 26.0. The van der Waals surface area contributed by atoms with E-state index in [1.165, 1.54) is 16.7 Å². The molecule has 1 heterocycles. The van der Waals surface area contributed by atoms with Crippen LogP contribution in [-0.2, 0) is 11.2 Å². The summed E-state index contributed by atoms with van der Waals surface area (Å²) in [5, 5.41) is 10.5. The molecule has 0 radical (unpaired) electrons. The molecule has 0 bridgehead atoms. The van der Waals surface area contributed by atoms with Crippen LogP contribution in [0, 0.1) is 25.7 Å². The number of benzene rings is 1. The van der Waals surface area contributed by atoms with Gasteiger partial charge in [0.05, 0.1) is 6.10 Å². The lowest BCUT2D eigenvalue weighted by atomic mass is 9.82. The van der Waals surface area contributed by atoms with Crippen molar-refractivity contribution in [3.63, 3.8) is 0 Å². The Balaban J connectivity index is 2.05. The second-order valence-electron chi connectivity index (χ2n) is 5.71. The van der Waals surface area contributed by atoms with Crippen LogP contribution in [-0.4, -0.2) is 24.4 Å². The average Bonchev–Trinajstić information content (AvgIpc) is 2.34. The van der Waals surface area contributed by atoms with Gasteiger partial charge in [0.15, 0.2) is 0 Å². The molecule has 0 aliphatic carbocycles. The van der Waals surface area contributed by atoms with E-state index in [9.17, 15) is 5.11 Å². The monoisotopic (exact) mass is 248 g/mol. The molecule has 1 aliphatic heterocycles. The molecule has 0 spiro atoms. The van der Waals surface area contributed by atoms with Crippen molar-refractivity contribution in [1.29, 1.82) is 0 Å². The molecule has 2 nitrogen and oxygen atoms in total. The predicted octanol–water partition coefficient (Wildman–Crippen LogP) is 2.88. The molecule has 0 amide bonds. The van der Waals surface area contributed by atoms with Crippen molar-refractivity contribution in [1.82, 2.24) is 0 Å². The van der Waals surface area contributed by atoms with Gasteiger partial charge in [-0.05, 0) is 49.7 Å². The van der Waals surface area contributed by atoms with Crippen molar-refractivity contribution < 1.29 is 9.84 Å². The summed E-state index contributed by atoms with van der Waals surface area (Å²) in [6.45, 7) is 7.98. The maximum absolute atomic E-state index is 10.5. The summed E-state index contributed by atoms with van der Waals surface area (Å²) < 4.78 is 5.44. The Morgan fingerprint density at radius 2 is 2.17 bits per heavy atom. The van der Waals surface area contributed by atoms with Gasteiger partial charge in [0.2, 0.25) is 0 Å². The van der Waals surface area contributed by atoms with E-state index in [0.717, 1.165) is 26.1 Å². The van der Waals surface area contributed by atoms with Crippen LogP contribution in [0.25, 0.3) is 0 Å². The van der Waals surface area contributed by atoms with Crippen LogP contribution >= 0.6 is 0 Å². The quantitative estimate of drug-likeness (QED) is 0.891. The van der Waals surface area contributed by atoms with E-state index in [4.69, 9.17) is 4.74 Å². The topological polar surface area (TPSA) is 29.5 Å². The van der Waals surface area contributed by atoms with Gasteiger partial charge < -0.3 is 9.84 Å². The minimum absolute atomic E-state index is 0.246. The first kappa shape index (κ1) is 13.6. The van der Waals surface area contributed by atoms with Gasteiger partial charge in [-0.15, -0.1) is 0 Å². The fourth-order valence-corrected chi connectivity index (χ4v) is 2.87. The average molecular weight is 248 g/mol. The van der Waals surface area contributed by atoms with Gasteiger partial charge in [0.25, 0.3) is 0 Å². The molecular weight excluding hydrogens is 224 g/mol. The van der Waals surface area contributed by atoms with Crippen molar-refractivity contribution in [2.45, 2.75) is 39.7 Å². The number of hydrogen-bond acceptors (Lipinski definition) is 2. The number of ether oxygens (including phenoxy) is 1. The van der Waals surface area contributed by atoms with E-state index in [2.05, 4.69) is 39.0 Å². The van der Waals surface area contributed by atoms with E-state index in [-0.39, 0.29) is 6.10 Å². The van der Waals surface area contributed by atoms with E-state index in [0.29, 0.717) is 11.8 Å². The summed E-state index contributed by atoms with van der Waals surface area (Å²) in [6, 6.07) is 6.47. The molecule has 1 aromatic carbocycles. The Labute approximate surface area is 110 Å². The molecule has 3 unspecified atom stereocenters. The first-order valence-corrected chi connectivity index (χ1v) is 6.90. The zero-order chi connectivity index (χ0) is 13.1. The van der Waals surface area contributed by atoms with Crippen LogP contribution < -0.4 is 0 Å². The largest absolute Gasteiger partial charge is 0.392 e. The van der Waals surface area contributed by atoms with Gasteiger partial charge in [0, 0.05) is 13.2 Å². The highest BCUT2D eigenvalue weighted by molar-refractivity contribution is 5.31. The maximum Gasteiger partial charge on any atom is 0.0613 e. The van der Waals surface area contributed by atoms with Gasteiger partial charge >= 0.3 is 0 Å². The molecule has 100 valence electrons. The van der Waals surface area contributed by atoms with Crippen LogP contribution in [0.2, 0.25) is 0 Å². The molecule has 2 rings (SSSR count). The molecule has 1 aromatic rings. The lowest BCUT2D eigenvalue weighted by Crippen LogP contribution is -2.35. The first-order valence-electron chi connectivity index (χ1n) is 6.90. The summed E-state index contributed by atoms with van der Waals surface area (Å²) in [5.41, 5.74) is 3.82. The second kappa shape index (κ2) is 5.85. The van der Waals surface area contributed by atoms with Crippen LogP contribution in [0.1, 0.15) is 30.0 Å². The van der Waals surface area contributed by atoms with Gasteiger partial charge in [-0.3, -0.25) is 0 Å². The molecule has 3 atom stereocenters. The van der Waals surface area contributed by atoms with E-state index in [1.807, 2.05) is 0 Å². The highest BCUT2D eigenvalue weighted by Gasteiger charge is 2.28. The Bertz CT molecular complexity index is 400. The standard InChI is InChI=1S/C16H24O2/c1-11-4-5-12(2)14(8-11)9-16(17)15-6-7-18-10-13(15)3/h4-5,8,13,15-17H,6-7,9-10H2,1-3H3. The summed E-state index contributed by atoms with van der Waals surface area (Å²) in [5.74, 6) is 0.831. The van der Waals surface area contributed by atoms with Crippen LogP contribution in [0.5, 0.6) is 0 Å². The van der Waals surface area contributed by atoms with E-state index < -0.39 is 0 Å². The lowest BCUT2D eigenvalue weighted by Gasteiger charge is -2.32. The van der Waals surface area contributed by atoms with Crippen molar-refractivity contribution in [2.75, 3.05) is 13.2 Å². The zero-order valence-electron chi connectivity index (χ0n) is 11.6. The Morgan fingerprint density at radius 3 is 2.89 bits per heavy atom. The summed E-state index contributed by atoms with van der Waals surface area (Å²) in [7, 11) is 0. The SMILES string of the molecule is Cc1ccc(C)c(CC(O)C2CCOCC2C)c1. The molecule has 1 fully saturated rings. The van der Waals surface area contributed by atoms with Gasteiger partial charge in [-0.25, -0.2) is 0 Å². The van der Waals surface area contributed by atoms with Crippen LogP contribution in [0.3, 0.4) is 0 Å². The third-order valence-corrected chi connectivity index (χ3v) is 4.14. The third-order valence-electron chi connectivity index (χ3n) is 4.14.